The van der Waals surface area contributed by atoms with E-state index in [9.17, 15) is 9.59 Å². The first kappa shape index (κ1) is 14.7. The lowest BCUT2D eigenvalue weighted by molar-refractivity contribution is -0.143. The molecule has 1 aromatic rings. The van der Waals surface area contributed by atoms with Gasteiger partial charge >= 0.3 is 5.97 Å². The van der Waals surface area contributed by atoms with Crippen LogP contribution in [0.5, 0.6) is 5.75 Å². The molecule has 0 N–H and O–H groups in total. The van der Waals surface area contributed by atoms with Crippen molar-refractivity contribution in [3.8, 4) is 5.75 Å². The van der Waals surface area contributed by atoms with Gasteiger partial charge in [-0.3, -0.25) is 9.59 Å². The second-order valence-electron chi connectivity index (χ2n) is 3.58. The van der Waals surface area contributed by atoms with Gasteiger partial charge in [-0.2, -0.15) is 0 Å². The number of hydrogen-bond acceptors (Lipinski definition) is 4. The van der Waals surface area contributed by atoms with Gasteiger partial charge in [0.15, 0.2) is 5.78 Å². The maximum absolute atomic E-state index is 11.8. The van der Waals surface area contributed by atoms with E-state index in [4.69, 9.17) is 9.47 Å². The molecule has 5 heteroatoms. The van der Waals surface area contributed by atoms with Gasteiger partial charge in [-0.25, -0.2) is 0 Å². The summed E-state index contributed by atoms with van der Waals surface area (Å²) in [4.78, 5) is 23.0. The van der Waals surface area contributed by atoms with Crippen molar-refractivity contribution < 1.29 is 19.1 Å². The van der Waals surface area contributed by atoms with E-state index in [1.54, 1.807) is 32.2 Å². The maximum atomic E-state index is 11.8. The number of rotatable bonds is 6. The Kier molecular flexibility index (Phi) is 5.85. The van der Waals surface area contributed by atoms with E-state index in [2.05, 4.69) is 15.9 Å². The van der Waals surface area contributed by atoms with Crippen LogP contribution in [-0.2, 0) is 9.53 Å². The number of esters is 1. The van der Waals surface area contributed by atoms with Gasteiger partial charge in [-0.1, -0.05) is 0 Å². The Hall–Kier alpha value is -1.36. The molecule has 0 saturated carbocycles. The summed E-state index contributed by atoms with van der Waals surface area (Å²) < 4.78 is 10.6. The summed E-state index contributed by atoms with van der Waals surface area (Å²) in [5, 5.41) is 0. The van der Waals surface area contributed by atoms with E-state index >= 15 is 0 Å². The molecule has 0 bridgehead atoms. The van der Waals surface area contributed by atoms with Gasteiger partial charge in [0.25, 0.3) is 0 Å². The molecule has 0 fully saturated rings. The van der Waals surface area contributed by atoms with Crippen LogP contribution in [-0.4, -0.2) is 25.5 Å². The molecule has 0 saturated heterocycles. The summed E-state index contributed by atoms with van der Waals surface area (Å²) in [6.07, 6.45) is 0.258. The average molecular weight is 315 g/mol. The summed E-state index contributed by atoms with van der Waals surface area (Å²) in [7, 11) is 1.56. The zero-order valence-electron chi connectivity index (χ0n) is 10.4. The van der Waals surface area contributed by atoms with Crippen LogP contribution in [0.25, 0.3) is 0 Å². The van der Waals surface area contributed by atoms with Gasteiger partial charge in [0.2, 0.25) is 0 Å². The molecule has 4 nitrogen and oxygen atoms in total. The molecule has 0 spiro atoms. The maximum Gasteiger partial charge on any atom is 0.306 e. The van der Waals surface area contributed by atoms with Crippen LogP contribution in [0, 0.1) is 0 Å². The van der Waals surface area contributed by atoms with Crippen molar-refractivity contribution in [1.82, 2.24) is 0 Å². The fraction of sp³-hybridized carbons (Fsp3) is 0.385. The van der Waals surface area contributed by atoms with Gasteiger partial charge in [0, 0.05) is 12.0 Å². The summed E-state index contributed by atoms with van der Waals surface area (Å²) in [5.74, 6) is 0.224. The lowest BCUT2D eigenvalue weighted by Gasteiger charge is -2.05. The summed E-state index contributed by atoms with van der Waals surface area (Å²) in [5.41, 5.74) is 0.548. The molecule has 0 aromatic heterocycles. The normalized spacial score (nSPS) is 9.94. The highest BCUT2D eigenvalue weighted by atomic mass is 79.9. The molecule has 0 atom stereocenters. The zero-order valence-corrected chi connectivity index (χ0v) is 12.0. The number of ketones is 1. The number of Topliss-reactive ketones (excluding diaryl/α,β-unsaturated/α-hetero) is 1. The van der Waals surface area contributed by atoms with Crippen molar-refractivity contribution in [3.05, 3.63) is 28.2 Å². The first-order valence-electron chi connectivity index (χ1n) is 5.60. The van der Waals surface area contributed by atoms with Crippen LogP contribution in [0.2, 0.25) is 0 Å². The van der Waals surface area contributed by atoms with Crippen LogP contribution < -0.4 is 4.74 Å². The Morgan fingerprint density at radius 2 is 2.00 bits per heavy atom. The standard InChI is InChI=1S/C13H15BrO4/c1-3-18-13(16)7-5-11(15)9-4-6-12(17-2)10(14)8-9/h4,6,8H,3,5,7H2,1-2H3. The molecular formula is C13H15BrO4. The first-order valence-corrected chi connectivity index (χ1v) is 6.40. The first-order chi connectivity index (χ1) is 8.58. The second-order valence-corrected chi connectivity index (χ2v) is 4.43. The van der Waals surface area contributed by atoms with Crippen LogP contribution in [0.3, 0.4) is 0 Å². The fourth-order valence-electron chi connectivity index (χ4n) is 1.43. The summed E-state index contributed by atoms with van der Waals surface area (Å²) in [6.45, 7) is 2.07. The van der Waals surface area contributed by atoms with Crippen LogP contribution in [0.1, 0.15) is 30.1 Å². The topological polar surface area (TPSA) is 52.6 Å². The number of carbonyl (C=O) groups is 2. The molecule has 0 unspecified atom stereocenters. The van der Waals surface area contributed by atoms with Crippen molar-refractivity contribution in [1.29, 1.82) is 0 Å². The number of carbonyl (C=O) groups excluding carboxylic acids is 2. The molecule has 0 radical (unpaired) electrons. The highest BCUT2D eigenvalue weighted by Gasteiger charge is 2.11. The Morgan fingerprint density at radius 3 is 2.56 bits per heavy atom. The predicted octanol–water partition coefficient (Wildman–Crippen LogP) is 2.98. The number of halogens is 1. The SMILES string of the molecule is CCOC(=O)CCC(=O)c1ccc(OC)c(Br)c1. The number of methoxy groups -OCH3 is 1. The van der Waals surface area contributed by atoms with E-state index in [1.807, 2.05) is 0 Å². The highest BCUT2D eigenvalue weighted by Crippen LogP contribution is 2.26. The Morgan fingerprint density at radius 1 is 1.28 bits per heavy atom. The monoisotopic (exact) mass is 314 g/mol. The minimum atomic E-state index is -0.349. The minimum Gasteiger partial charge on any atom is -0.496 e. The van der Waals surface area contributed by atoms with E-state index < -0.39 is 0 Å². The summed E-state index contributed by atoms with van der Waals surface area (Å²) >= 11 is 3.31. The highest BCUT2D eigenvalue weighted by molar-refractivity contribution is 9.10. The Balaban J connectivity index is 2.62. The lowest BCUT2D eigenvalue weighted by atomic mass is 10.1. The van der Waals surface area contributed by atoms with E-state index in [0.29, 0.717) is 22.4 Å². The second kappa shape index (κ2) is 7.16. The van der Waals surface area contributed by atoms with E-state index in [0.717, 1.165) is 0 Å². The molecule has 0 aliphatic rings. The van der Waals surface area contributed by atoms with Crippen molar-refractivity contribution in [3.63, 3.8) is 0 Å². The van der Waals surface area contributed by atoms with Crippen LogP contribution >= 0.6 is 15.9 Å². The summed E-state index contributed by atoms with van der Waals surface area (Å²) in [6, 6.07) is 5.07. The largest absolute Gasteiger partial charge is 0.496 e. The lowest BCUT2D eigenvalue weighted by Crippen LogP contribution is -2.08. The quantitative estimate of drug-likeness (QED) is 0.598. The zero-order chi connectivity index (χ0) is 13.5. The number of benzene rings is 1. The fourth-order valence-corrected chi connectivity index (χ4v) is 1.97. The van der Waals surface area contributed by atoms with Crippen molar-refractivity contribution in [2.24, 2.45) is 0 Å². The third kappa shape index (κ3) is 4.14. The molecule has 1 rings (SSSR count). The van der Waals surface area contributed by atoms with Gasteiger partial charge < -0.3 is 9.47 Å². The smallest absolute Gasteiger partial charge is 0.306 e. The molecule has 0 amide bonds. The van der Waals surface area contributed by atoms with Crippen LogP contribution in [0.15, 0.2) is 22.7 Å². The third-order valence-corrected chi connectivity index (χ3v) is 2.95. The van der Waals surface area contributed by atoms with E-state index in [1.165, 1.54) is 0 Å². The van der Waals surface area contributed by atoms with Gasteiger partial charge in [-0.15, -0.1) is 0 Å². The predicted molar refractivity (Wildman–Crippen MR) is 70.9 cm³/mol. The Bertz CT molecular complexity index is 443. The molecule has 1 aromatic carbocycles. The average Bonchev–Trinajstić information content (AvgIpc) is 2.36. The molecule has 0 aliphatic heterocycles. The van der Waals surface area contributed by atoms with Crippen molar-refractivity contribution in [2.45, 2.75) is 19.8 Å². The molecule has 0 heterocycles. The van der Waals surface area contributed by atoms with E-state index in [-0.39, 0.29) is 24.6 Å². The van der Waals surface area contributed by atoms with Gasteiger partial charge in [0.1, 0.15) is 5.75 Å². The molecular weight excluding hydrogens is 300 g/mol. The van der Waals surface area contributed by atoms with Crippen molar-refractivity contribution in [2.75, 3.05) is 13.7 Å². The molecule has 98 valence electrons. The van der Waals surface area contributed by atoms with Gasteiger partial charge in [-0.05, 0) is 41.1 Å². The van der Waals surface area contributed by atoms with Crippen LogP contribution in [0.4, 0.5) is 0 Å². The Labute approximate surface area is 114 Å². The van der Waals surface area contributed by atoms with Crippen molar-refractivity contribution >= 4 is 27.7 Å². The minimum absolute atomic E-state index is 0.0913. The number of ether oxygens (including phenoxy) is 2. The number of hydrogen-bond donors (Lipinski definition) is 0. The molecule has 18 heavy (non-hydrogen) atoms. The third-order valence-electron chi connectivity index (χ3n) is 2.34. The van der Waals surface area contributed by atoms with Gasteiger partial charge in [0.05, 0.1) is 24.6 Å². The molecule has 0 aliphatic carbocycles.